The fourth-order valence-electron chi connectivity index (χ4n) is 0.800. The Kier molecular flexibility index (Phi) is 3.64. The van der Waals surface area contributed by atoms with E-state index in [1.165, 1.54) is 0 Å². The summed E-state index contributed by atoms with van der Waals surface area (Å²) in [5.41, 5.74) is 0. The molecule has 0 aliphatic rings. The van der Waals surface area contributed by atoms with Crippen LogP contribution in [0.25, 0.3) is 0 Å². The summed E-state index contributed by atoms with van der Waals surface area (Å²) >= 11 is -1.81. The Balaban J connectivity index is 2.65. The van der Waals surface area contributed by atoms with Gasteiger partial charge in [0.15, 0.2) is 0 Å². The third-order valence-corrected chi connectivity index (χ3v) is 5.90. The van der Waals surface area contributed by atoms with Crippen LogP contribution in [0.15, 0.2) is 30.3 Å². The summed E-state index contributed by atoms with van der Waals surface area (Å²) < 4.78 is 0.995. The molecule has 0 radical (unpaired) electrons. The summed E-state index contributed by atoms with van der Waals surface area (Å²) in [6, 6.07) is 9.41. The molecule has 64 valence electrons. The van der Waals surface area contributed by atoms with Crippen molar-refractivity contribution in [1.82, 2.24) is 0 Å². The van der Waals surface area contributed by atoms with Crippen molar-refractivity contribution in [1.29, 1.82) is 0 Å². The predicted octanol–water partition coefficient (Wildman–Crippen LogP) is 1.21. The average molecular weight is 247 g/mol. The van der Waals surface area contributed by atoms with Crippen LogP contribution in [-0.2, 0) is 4.79 Å². The summed E-state index contributed by atoms with van der Waals surface area (Å²) in [4.78, 5) is 10.3. The number of halogens is 1. The molecule has 2 nitrogen and oxygen atoms in total. The Morgan fingerprint density at radius 3 is 2.50 bits per heavy atom. The van der Waals surface area contributed by atoms with Gasteiger partial charge in [0.1, 0.15) is 0 Å². The Hall–Kier alpha value is -0.462. The van der Waals surface area contributed by atoms with Gasteiger partial charge < -0.3 is 0 Å². The molecule has 0 amide bonds. The van der Waals surface area contributed by atoms with Crippen LogP contribution >= 0.6 is 9.95 Å². The third-order valence-electron chi connectivity index (χ3n) is 1.31. The molecule has 0 fully saturated rings. The average Bonchev–Trinajstić information content (AvgIpc) is 2.05. The van der Waals surface area contributed by atoms with Gasteiger partial charge in [0.25, 0.3) is 0 Å². The molecule has 1 aromatic carbocycles. The van der Waals surface area contributed by atoms with Crippen molar-refractivity contribution in [3.63, 3.8) is 0 Å². The van der Waals surface area contributed by atoms with E-state index in [1.54, 1.807) is 0 Å². The maximum atomic E-state index is 10.3. The number of carbonyl (C=O) groups is 1. The van der Waals surface area contributed by atoms with E-state index >= 15 is 0 Å². The SMILES string of the molecule is O=C(O)C[As](Cl)c1ccccc1. The minimum atomic E-state index is -1.81. The van der Waals surface area contributed by atoms with Gasteiger partial charge in [0.05, 0.1) is 0 Å². The first-order valence-electron chi connectivity index (χ1n) is 3.40. The van der Waals surface area contributed by atoms with E-state index in [1.807, 2.05) is 30.3 Å². The fourth-order valence-corrected chi connectivity index (χ4v) is 3.84. The van der Waals surface area contributed by atoms with Gasteiger partial charge in [-0.25, -0.2) is 0 Å². The zero-order chi connectivity index (χ0) is 8.97. The third kappa shape index (κ3) is 2.88. The normalized spacial score (nSPS) is 12.4. The zero-order valence-corrected chi connectivity index (χ0v) is 8.91. The van der Waals surface area contributed by atoms with Gasteiger partial charge in [-0.3, -0.25) is 0 Å². The summed E-state index contributed by atoms with van der Waals surface area (Å²) in [6.45, 7) is 0. The molecular formula is C8H8AsClO2. The Morgan fingerprint density at radius 2 is 2.00 bits per heavy atom. The van der Waals surface area contributed by atoms with Gasteiger partial charge in [-0.1, -0.05) is 0 Å². The quantitative estimate of drug-likeness (QED) is 0.814. The zero-order valence-electron chi connectivity index (χ0n) is 6.27. The van der Waals surface area contributed by atoms with Crippen LogP contribution in [-0.4, -0.2) is 24.8 Å². The molecule has 0 aliphatic carbocycles. The van der Waals surface area contributed by atoms with Crippen molar-refractivity contribution in [3.05, 3.63) is 30.3 Å². The molecule has 0 saturated heterocycles. The van der Waals surface area contributed by atoms with Gasteiger partial charge in [0, 0.05) is 0 Å². The molecule has 0 saturated carbocycles. The molecule has 4 heteroatoms. The number of benzene rings is 1. The van der Waals surface area contributed by atoms with Crippen LogP contribution in [0.3, 0.4) is 0 Å². The molecule has 0 bridgehead atoms. The van der Waals surface area contributed by atoms with E-state index in [0.717, 1.165) is 4.35 Å². The molecule has 1 atom stereocenters. The number of carboxylic acid groups (broad SMARTS) is 1. The molecule has 0 heterocycles. The van der Waals surface area contributed by atoms with Crippen LogP contribution in [0.2, 0.25) is 5.21 Å². The topological polar surface area (TPSA) is 37.3 Å². The summed E-state index contributed by atoms with van der Waals surface area (Å²) in [5.74, 6) is -0.811. The number of aliphatic carboxylic acids is 1. The van der Waals surface area contributed by atoms with Gasteiger partial charge in [-0.15, -0.1) is 0 Å². The first kappa shape index (κ1) is 9.63. The van der Waals surface area contributed by atoms with Crippen molar-refractivity contribution in [2.75, 3.05) is 0 Å². The van der Waals surface area contributed by atoms with Crippen LogP contribution in [0.1, 0.15) is 0 Å². The van der Waals surface area contributed by atoms with Crippen molar-refractivity contribution >= 4 is 34.0 Å². The first-order chi connectivity index (χ1) is 5.70. The number of hydrogen-bond donors (Lipinski definition) is 1. The monoisotopic (exact) mass is 246 g/mol. The number of hydrogen-bond acceptors (Lipinski definition) is 1. The van der Waals surface area contributed by atoms with Crippen molar-refractivity contribution < 1.29 is 9.90 Å². The molecule has 0 aromatic heterocycles. The fraction of sp³-hybridized carbons (Fsp3) is 0.125. The standard InChI is InChI=1S/C8H8AsClO2/c10-9(6-8(11)12)7-4-2-1-3-5-7/h1-5H,6H2,(H,11,12). The van der Waals surface area contributed by atoms with Crippen LogP contribution < -0.4 is 4.35 Å². The second kappa shape index (κ2) is 4.54. The Bertz CT molecular complexity index is 263. The van der Waals surface area contributed by atoms with Crippen LogP contribution in [0.4, 0.5) is 0 Å². The van der Waals surface area contributed by atoms with Gasteiger partial charge in [-0.05, 0) is 0 Å². The van der Waals surface area contributed by atoms with Crippen LogP contribution in [0.5, 0.6) is 0 Å². The minimum absolute atomic E-state index is 0.110. The van der Waals surface area contributed by atoms with E-state index in [0.29, 0.717) is 0 Å². The van der Waals surface area contributed by atoms with E-state index in [4.69, 9.17) is 15.1 Å². The Morgan fingerprint density at radius 1 is 1.42 bits per heavy atom. The predicted molar refractivity (Wildman–Crippen MR) is 50.1 cm³/mol. The van der Waals surface area contributed by atoms with E-state index in [2.05, 4.69) is 0 Å². The molecule has 1 unspecified atom stereocenters. The number of rotatable bonds is 3. The maximum absolute atomic E-state index is 10.3. The second-order valence-corrected chi connectivity index (χ2v) is 7.64. The van der Waals surface area contributed by atoms with E-state index in [-0.39, 0.29) is 5.21 Å². The second-order valence-electron chi connectivity index (χ2n) is 2.25. The summed E-state index contributed by atoms with van der Waals surface area (Å²) in [5, 5.41) is 8.61. The molecule has 0 aliphatic heterocycles. The van der Waals surface area contributed by atoms with Crippen molar-refractivity contribution in [3.8, 4) is 0 Å². The Labute approximate surface area is 79.6 Å². The van der Waals surface area contributed by atoms with E-state index in [9.17, 15) is 4.79 Å². The van der Waals surface area contributed by atoms with Gasteiger partial charge in [0.2, 0.25) is 0 Å². The van der Waals surface area contributed by atoms with Crippen molar-refractivity contribution in [2.45, 2.75) is 5.21 Å². The first-order valence-corrected chi connectivity index (χ1v) is 8.13. The molecule has 0 spiro atoms. The molecule has 1 N–H and O–H groups in total. The molecule has 1 rings (SSSR count). The molecule has 1 aromatic rings. The summed E-state index contributed by atoms with van der Waals surface area (Å²) in [7, 11) is 5.97. The molecular weight excluding hydrogens is 238 g/mol. The van der Waals surface area contributed by atoms with Gasteiger partial charge >= 0.3 is 79.4 Å². The number of carboxylic acids is 1. The van der Waals surface area contributed by atoms with Crippen LogP contribution in [0, 0.1) is 0 Å². The van der Waals surface area contributed by atoms with Crippen molar-refractivity contribution in [2.24, 2.45) is 0 Å². The summed E-state index contributed by atoms with van der Waals surface area (Å²) in [6.07, 6.45) is 0. The van der Waals surface area contributed by atoms with Gasteiger partial charge in [-0.2, -0.15) is 0 Å². The van der Waals surface area contributed by atoms with E-state index < -0.39 is 19.7 Å². The molecule has 12 heavy (non-hydrogen) atoms.